The molecule has 1 saturated heterocycles. The average molecular weight is 394 g/mol. The molecule has 1 fully saturated rings. The number of aromatic nitrogens is 4. The number of hydrogen-bond donors (Lipinski definition) is 1. The van der Waals surface area contributed by atoms with Gasteiger partial charge in [-0.1, -0.05) is 0 Å². The van der Waals surface area contributed by atoms with Crippen molar-refractivity contribution in [3.63, 3.8) is 0 Å². The van der Waals surface area contributed by atoms with E-state index in [4.69, 9.17) is 9.47 Å². The molecule has 0 spiro atoms. The maximum absolute atomic E-state index is 5.80. The molecule has 0 amide bonds. The molecule has 0 unspecified atom stereocenters. The lowest BCUT2D eigenvalue weighted by Crippen LogP contribution is -2.46. The standard InChI is InChI=1S/C21H26N6O2/c1-14-12-27(13-15(2)29-14)21-22-10-9-19(24-21)23-20-11-18(26(3)25-20)16-5-7-17(28-4)8-6-16/h5-11,14-15H,12-13H2,1-4H3,(H,22,23,24,25)/t14-,15+. The van der Waals surface area contributed by atoms with Crippen LogP contribution in [0.15, 0.2) is 42.6 Å². The zero-order valence-electron chi connectivity index (χ0n) is 17.2. The quantitative estimate of drug-likeness (QED) is 0.712. The van der Waals surface area contributed by atoms with Crippen LogP contribution < -0.4 is 15.0 Å². The highest BCUT2D eigenvalue weighted by Gasteiger charge is 2.24. The molecule has 1 N–H and O–H groups in total. The number of anilines is 3. The highest BCUT2D eigenvalue weighted by atomic mass is 16.5. The molecule has 3 heterocycles. The number of rotatable bonds is 5. The van der Waals surface area contributed by atoms with Crippen molar-refractivity contribution in [1.82, 2.24) is 19.7 Å². The third-order valence-corrected chi connectivity index (χ3v) is 4.87. The van der Waals surface area contributed by atoms with E-state index in [0.717, 1.165) is 35.9 Å². The van der Waals surface area contributed by atoms with Crippen molar-refractivity contribution < 1.29 is 9.47 Å². The normalized spacial score (nSPS) is 19.2. The Balaban J connectivity index is 1.52. The predicted octanol–water partition coefficient (Wildman–Crippen LogP) is 3.24. The lowest BCUT2D eigenvalue weighted by molar-refractivity contribution is -0.00571. The van der Waals surface area contributed by atoms with Crippen LogP contribution in [-0.2, 0) is 11.8 Å². The molecule has 0 aliphatic carbocycles. The van der Waals surface area contributed by atoms with Crippen molar-refractivity contribution in [2.24, 2.45) is 7.05 Å². The Morgan fingerprint density at radius 3 is 2.48 bits per heavy atom. The number of ether oxygens (including phenoxy) is 2. The van der Waals surface area contributed by atoms with Gasteiger partial charge in [-0.15, -0.1) is 0 Å². The van der Waals surface area contributed by atoms with Crippen molar-refractivity contribution in [3.05, 3.63) is 42.6 Å². The molecule has 3 aromatic rings. The van der Waals surface area contributed by atoms with Gasteiger partial charge in [-0.05, 0) is 44.2 Å². The van der Waals surface area contributed by atoms with Gasteiger partial charge in [0, 0.05) is 38.0 Å². The SMILES string of the molecule is COc1ccc(-c2cc(Nc3ccnc(N4C[C@@H](C)O[C@@H](C)C4)n3)nn2C)cc1. The fraction of sp³-hybridized carbons (Fsp3) is 0.381. The minimum Gasteiger partial charge on any atom is -0.497 e. The summed E-state index contributed by atoms with van der Waals surface area (Å²) < 4.78 is 12.9. The third kappa shape index (κ3) is 4.32. The van der Waals surface area contributed by atoms with Crippen LogP contribution in [0.5, 0.6) is 5.75 Å². The Labute approximate surface area is 170 Å². The van der Waals surface area contributed by atoms with E-state index in [9.17, 15) is 0 Å². The number of morpholine rings is 1. The lowest BCUT2D eigenvalue weighted by atomic mass is 10.1. The molecule has 152 valence electrons. The van der Waals surface area contributed by atoms with Crippen LogP contribution >= 0.6 is 0 Å². The van der Waals surface area contributed by atoms with E-state index >= 15 is 0 Å². The third-order valence-electron chi connectivity index (χ3n) is 4.87. The van der Waals surface area contributed by atoms with E-state index in [1.54, 1.807) is 13.3 Å². The number of nitrogens with zero attached hydrogens (tertiary/aromatic N) is 5. The molecule has 0 bridgehead atoms. The largest absolute Gasteiger partial charge is 0.497 e. The van der Waals surface area contributed by atoms with Crippen molar-refractivity contribution >= 4 is 17.6 Å². The molecule has 1 aliphatic rings. The van der Waals surface area contributed by atoms with Gasteiger partial charge in [0.25, 0.3) is 0 Å². The Hall–Kier alpha value is -3.13. The fourth-order valence-corrected chi connectivity index (χ4v) is 3.60. The summed E-state index contributed by atoms with van der Waals surface area (Å²) in [4.78, 5) is 11.3. The average Bonchev–Trinajstić information content (AvgIpc) is 3.07. The maximum Gasteiger partial charge on any atom is 0.227 e. The van der Waals surface area contributed by atoms with Crippen LogP contribution in [0.2, 0.25) is 0 Å². The monoisotopic (exact) mass is 394 g/mol. The van der Waals surface area contributed by atoms with Crippen LogP contribution in [0.4, 0.5) is 17.6 Å². The maximum atomic E-state index is 5.80. The van der Waals surface area contributed by atoms with Crippen molar-refractivity contribution in [1.29, 1.82) is 0 Å². The van der Waals surface area contributed by atoms with Crippen LogP contribution in [-0.4, -0.2) is 52.2 Å². The van der Waals surface area contributed by atoms with Gasteiger partial charge in [-0.2, -0.15) is 10.1 Å². The van der Waals surface area contributed by atoms with Crippen LogP contribution in [0.3, 0.4) is 0 Å². The lowest BCUT2D eigenvalue weighted by Gasteiger charge is -2.35. The first-order chi connectivity index (χ1) is 14.0. The highest BCUT2D eigenvalue weighted by molar-refractivity contribution is 5.66. The Kier molecular flexibility index (Phi) is 5.35. The van der Waals surface area contributed by atoms with Crippen LogP contribution in [0.1, 0.15) is 13.8 Å². The Morgan fingerprint density at radius 1 is 1.07 bits per heavy atom. The summed E-state index contributed by atoms with van der Waals surface area (Å²) in [5.74, 6) is 2.96. The molecule has 1 aromatic carbocycles. The van der Waals surface area contributed by atoms with Gasteiger partial charge in [-0.3, -0.25) is 4.68 Å². The first-order valence-corrected chi connectivity index (χ1v) is 9.71. The molecular weight excluding hydrogens is 368 g/mol. The van der Waals surface area contributed by atoms with Gasteiger partial charge in [0.2, 0.25) is 5.95 Å². The Bertz CT molecular complexity index is 962. The highest BCUT2D eigenvalue weighted by Crippen LogP contribution is 2.26. The molecular formula is C21H26N6O2. The minimum absolute atomic E-state index is 0.154. The molecule has 4 rings (SSSR count). The molecule has 29 heavy (non-hydrogen) atoms. The number of hydrogen-bond acceptors (Lipinski definition) is 7. The molecule has 2 atom stereocenters. The molecule has 0 saturated carbocycles. The summed E-state index contributed by atoms with van der Waals surface area (Å²) in [6.07, 6.45) is 2.08. The van der Waals surface area contributed by atoms with Crippen molar-refractivity contribution in [2.45, 2.75) is 26.1 Å². The predicted molar refractivity (Wildman–Crippen MR) is 113 cm³/mol. The van der Waals surface area contributed by atoms with E-state index < -0.39 is 0 Å². The van der Waals surface area contributed by atoms with Gasteiger partial charge in [0.05, 0.1) is 25.0 Å². The number of nitrogens with one attached hydrogen (secondary N) is 1. The second-order valence-electron chi connectivity index (χ2n) is 7.30. The van der Waals surface area contributed by atoms with E-state index in [2.05, 4.69) is 39.1 Å². The van der Waals surface area contributed by atoms with Gasteiger partial charge in [-0.25, -0.2) is 4.98 Å². The van der Waals surface area contributed by atoms with Crippen LogP contribution in [0.25, 0.3) is 11.3 Å². The zero-order valence-corrected chi connectivity index (χ0v) is 17.2. The summed E-state index contributed by atoms with van der Waals surface area (Å²) in [5.41, 5.74) is 2.06. The molecule has 8 nitrogen and oxygen atoms in total. The molecule has 8 heteroatoms. The fourth-order valence-electron chi connectivity index (χ4n) is 3.60. The first kappa shape index (κ1) is 19.2. The van der Waals surface area contributed by atoms with E-state index in [-0.39, 0.29) is 12.2 Å². The van der Waals surface area contributed by atoms with E-state index in [1.807, 2.05) is 48.1 Å². The summed E-state index contributed by atoms with van der Waals surface area (Å²) in [5, 5.41) is 7.87. The van der Waals surface area contributed by atoms with E-state index in [0.29, 0.717) is 11.8 Å². The minimum atomic E-state index is 0.154. The van der Waals surface area contributed by atoms with Crippen molar-refractivity contribution in [2.75, 3.05) is 30.4 Å². The summed E-state index contributed by atoms with van der Waals surface area (Å²) in [6, 6.07) is 11.8. The Morgan fingerprint density at radius 2 is 1.79 bits per heavy atom. The molecule has 1 aliphatic heterocycles. The molecule has 0 radical (unpaired) electrons. The van der Waals surface area contributed by atoms with Gasteiger partial charge < -0.3 is 19.7 Å². The number of aryl methyl sites for hydroxylation is 1. The van der Waals surface area contributed by atoms with Crippen LogP contribution in [0, 0.1) is 0 Å². The second-order valence-corrected chi connectivity index (χ2v) is 7.30. The topological polar surface area (TPSA) is 77.3 Å². The van der Waals surface area contributed by atoms with E-state index in [1.165, 1.54) is 0 Å². The first-order valence-electron chi connectivity index (χ1n) is 9.71. The van der Waals surface area contributed by atoms with Gasteiger partial charge in [0.15, 0.2) is 5.82 Å². The number of benzene rings is 1. The summed E-state index contributed by atoms with van der Waals surface area (Å²) >= 11 is 0. The molecule has 2 aromatic heterocycles. The zero-order chi connectivity index (χ0) is 20.4. The van der Waals surface area contributed by atoms with Crippen molar-refractivity contribution in [3.8, 4) is 17.0 Å². The smallest absolute Gasteiger partial charge is 0.227 e. The summed E-state index contributed by atoms with van der Waals surface area (Å²) in [6.45, 7) is 5.69. The summed E-state index contributed by atoms with van der Waals surface area (Å²) in [7, 11) is 3.59. The second kappa shape index (κ2) is 8.08. The van der Waals surface area contributed by atoms with Gasteiger partial charge in [0.1, 0.15) is 11.6 Å². The number of methoxy groups -OCH3 is 1. The van der Waals surface area contributed by atoms with Gasteiger partial charge >= 0.3 is 0 Å².